The highest BCUT2D eigenvalue weighted by Gasteiger charge is 2.25. The van der Waals surface area contributed by atoms with Crippen LogP contribution >= 0.6 is 0 Å². The lowest BCUT2D eigenvalue weighted by atomic mass is 10.1. The lowest BCUT2D eigenvalue weighted by Crippen LogP contribution is -2.38. The summed E-state index contributed by atoms with van der Waals surface area (Å²) in [6.45, 7) is 4.95. The topological polar surface area (TPSA) is 95.9 Å². The van der Waals surface area contributed by atoms with Crippen LogP contribution in [0.2, 0.25) is 0 Å². The summed E-state index contributed by atoms with van der Waals surface area (Å²) in [5, 5.41) is 20.4. The lowest BCUT2D eigenvalue weighted by molar-refractivity contribution is -0.139. The fourth-order valence-corrected chi connectivity index (χ4v) is 1.53. The predicted octanol–water partition coefficient (Wildman–Crippen LogP) is 1.83. The summed E-state index contributed by atoms with van der Waals surface area (Å²) in [4.78, 5) is 22.9. The maximum atomic E-state index is 11.6. The molecule has 0 fully saturated rings. The molecule has 6 heteroatoms. The molecule has 1 rings (SSSR count). The summed E-state index contributed by atoms with van der Waals surface area (Å²) in [5.41, 5.74) is 0.365. The van der Waals surface area contributed by atoms with Crippen molar-refractivity contribution in [3.05, 3.63) is 35.4 Å². The normalized spacial score (nSPS) is 12.6. The number of carbonyl (C=O) groups excluding carboxylic acids is 1. The van der Waals surface area contributed by atoms with Gasteiger partial charge in [0, 0.05) is 0 Å². The molecule has 1 aromatic carbocycles. The van der Waals surface area contributed by atoms with Crippen LogP contribution in [0.25, 0.3) is 0 Å². The van der Waals surface area contributed by atoms with Gasteiger partial charge in [-0.25, -0.2) is 9.59 Å². The molecule has 0 aliphatic rings. The van der Waals surface area contributed by atoms with Gasteiger partial charge in [0.2, 0.25) is 0 Å². The van der Waals surface area contributed by atoms with E-state index in [1.54, 1.807) is 45.0 Å². The third-order valence-electron chi connectivity index (χ3n) is 2.40. The first-order valence-corrected chi connectivity index (χ1v) is 6.15. The Balaban J connectivity index is 2.83. The van der Waals surface area contributed by atoms with Gasteiger partial charge in [-0.05, 0) is 31.9 Å². The van der Waals surface area contributed by atoms with E-state index in [1.807, 2.05) is 0 Å². The van der Waals surface area contributed by atoms with Gasteiger partial charge in [-0.15, -0.1) is 0 Å². The van der Waals surface area contributed by atoms with Crippen LogP contribution in [-0.2, 0) is 16.1 Å². The Labute approximate surface area is 117 Å². The number of nitrogens with one attached hydrogen (secondary N) is 1. The van der Waals surface area contributed by atoms with Crippen molar-refractivity contribution in [3.63, 3.8) is 0 Å². The molecule has 0 aliphatic carbocycles. The Morgan fingerprint density at radius 1 is 1.25 bits per heavy atom. The second-order valence-electron chi connectivity index (χ2n) is 5.32. The van der Waals surface area contributed by atoms with Crippen LogP contribution in [0, 0.1) is 0 Å². The summed E-state index contributed by atoms with van der Waals surface area (Å²) in [6, 6.07) is 5.09. The second-order valence-corrected chi connectivity index (χ2v) is 5.32. The molecule has 0 unspecified atom stereocenters. The molecule has 110 valence electrons. The zero-order valence-corrected chi connectivity index (χ0v) is 11.7. The SMILES string of the molecule is CC(C)(C)OC(=O)N[C@@H](C(=O)O)c1ccc(CO)cc1. The van der Waals surface area contributed by atoms with E-state index in [0.29, 0.717) is 11.1 Å². The number of hydrogen-bond donors (Lipinski definition) is 3. The summed E-state index contributed by atoms with van der Waals surface area (Å²) in [5.74, 6) is -1.19. The van der Waals surface area contributed by atoms with Crippen LogP contribution in [0.15, 0.2) is 24.3 Å². The van der Waals surface area contributed by atoms with Gasteiger partial charge in [-0.1, -0.05) is 24.3 Å². The second kappa shape index (κ2) is 6.38. The molecule has 1 amide bonds. The van der Waals surface area contributed by atoms with E-state index in [2.05, 4.69) is 5.32 Å². The van der Waals surface area contributed by atoms with Gasteiger partial charge in [0.25, 0.3) is 0 Å². The fraction of sp³-hybridized carbons (Fsp3) is 0.429. The van der Waals surface area contributed by atoms with Crippen LogP contribution < -0.4 is 5.32 Å². The third-order valence-corrected chi connectivity index (χ3v) is 2.40. The van der Waals surface area contributed by atoms with Gasteiger partial charge in [0.1, 0.15) is 5.60 Å². The maximum Gasteiger partial charge on any atom is 0.408 e. The first-order valence-electron chi connectivity index (χ1n) is 6.15. The largest absolute Gasteiger partial charge is 0.479 e. The molecule has 0 saturated carbocycles. The molecule has 6 nitrogen and oxygen atoms in total. The Morgan fingerprint density at radius 2 is 1.80 bits per heavy atom. The van der Waals surface area contributed by atoms with Crippen LogP contribution in [0.5, 0.6) is 0 Å². The molecule has 0 radical (unpaired) electrons. The zero-order chi connectivity index (χ0) is 15.3. The molecule has 0 bridgehead atoms. The maximum absolute atomic E-state index is 11.6. The average molecular weight is 281 g/mol. The zero-order valence-electron chi connectivity index (χ0n) is 11.7. The summed E-state index contributed by atoms with van der Waals surface area (Å²) >= 11 is 0. The molecule has 0 saturated heterocycles. The third kappa shape index (κ3) is 4.89. The molecule has 0 heterocycles. The van der Waals surface area contributed by atoms with E-state index in [4.69, 9.17) is 9.84 Å². The molecule has 20 heavy (non-hydrogen) atoms. The van der Waals surface area contributed by atoms with Gasteiger partial charge in [0.05, 0.1) is 6.61 Å². The number of amides is 1. The highest BCUT2D eigenvalue weighted by Crippen LogP contribution is 2.16. The molecule has 0 aromatic heterocycles. The number of carboxylic acid groups (broad SMARTS) is 1. The van der Waals surface area contributed by atoms with Gasteiger partial charge < -0.3 is 20.3 Å². The van der Waals surface area contributed by atoms with E-state index in [1.165, 1.54) is 0 Å². The molecule has 0 aliphatic heterocycles. The molecular weight excluding hydrogens is 262 g/mol. The number of benzene rings is 1. The molecule has 1 aromatic rings. The quantitative estimate of drug-likeness (QED) is 0.782. The lowest BCUT2D eigenvalue weighted by Gasteiger charge is -2.22. The predicted molar refractivity (Wildman–Crippen MR) is 72.1 cm³/mol. The molecule has 3 N–H and O–H groups in total. The van der Waals surface area contributed by atoms with Crippen LogP contribution in [0.1, 0.15) is 37.9 Å². The number of alkyl carbamates (subject to hydrolysis) is 1. The Kier molecular flexibility index (Phi) is 5.10. The first kappa shape index (κ1) is 16.0. The summed E-state index contributed by atoms with van der Waals surface area (Å²) in [7, 11) is 0. The van der Waals surface area contributed by atoms with Crippen molar-refractivity contribution in [3.8, 4) is 0 Å². The van der Waals surface area contributed by atoms with Gasteiger partial charge in [0.15, 0.2) is 6.04 Å². The molecular formula is C14H19NO5. The van der Waals surface area contributed by atoms with Crippen molar-refractivity contribution in [1.82, 2.24) is 5.32 Å². The van der Waals surface area contributed by atoms with E-state index in [0.717, 1.165) is 0 Å². The van der Waals surface area contributed by atoms with E-state index >= 15 is 0 Å². The van der Waals surface area contributed by atoms with Crippen LogP contribution in [-0.4, -0.2) is 27.9 Å². The number of aliphatic hydroxyl groups is 1. The van der Waals surface area contributed by atoms with Crippen LogP contribution in [0.3, 0.4) is 0 Å². The van der Waals surface area contributed by atoms with Gasteiger partial charge >= 0.3 is 12.1 Å². The number of ether oxygens (including phenoxy) is 1. The number of hydrogen-bond acceptors (Lipinski definition) is 4. The van der Waals surface area contributed by atoms with Gasteiger partial charge in [-0.3, -0.25) is 0 Å². The first-order chi connectivity index (χ1) is 9.23. The van der Waals surface area contributed by atoms with Crippen LogP contribution in [0.4, 0.5) is 4.79 Å². The minimum atomic E-state index is -1.20. The van der Waals surface area contributed by atoms with Crippen molar-refractivity contribution >= 4 is 12.1 Å². The average Bonchev–Trinajstić information content (AvgIpc) is 2.34. The van der Waals surface area contributed by atoms with E-state index in [9.17, 15) is 14.7 Å². The highest BCUT2D eigenvalue weighted by molar-refractivity contribution is 5.81. The number of aliphatic hydroxyl groups excluding tert-OH is 1. The minimum absolute atomic E-state index is 0.127. The fourth-order valence-electron chi connectivity index (χ4n) is 1.53. The molecule has 0 spiro atoms. The number of aliphatic carboxylic acids is 1. The number of carboxylic acids is 1. The molecule has 1 atom stereocenters. The van der Waals surface area contributed by atoms with Crippen molar-refractivity contribution in [1.29, 1.82) is 0 Å². The smallest absolute Gasteiger partial charge is 0.408 e. The van der Waals surface area contributed by atoms with E-state index in [-0.39, 0.29) is 6.61 Å². The van der Waals surface area contributed by atoms with Crippen molar-refractivity contribution in [2.75, 3.05) is 0 Å². The highest BCUT2D eigenvalue weighted by atomic mass is 16.6. The van der Waals surface area contributed by atoms with Crippen molar-refractivity contribution in [2.45, 2.75) is 39.0 Å². The van der Waals surface area contributed by atoms with Crippen molar-refractivity contribution in [2.24, 2.45) is 0 Å². The monoisotopic (exact) mass is 281 g/mol. The Hall–Kier alpha value is -2.08. The summed E-state index contributed by atoms with van der Waals surface area (Å²) < 4.78 is 5.03. The standard InChI is InChI=1S/C14H19NO5/c1-14(2,3)20-13(19)15-11(12(17)18)10-6-4-9(8-16)5-7-10/h4-7,11,16H,8H2,1-3H3,(H,15,19)(H,17,18)/t11-/m1/s1. The van der Waals surface area contributed by atoms with Crippen molar-refractivity contribution < 1.29 is 24.5 Å². The Bertz CT molecular complexity index is 475. The number of rotatable bonds is 4. The summed E-state index contributed by atoms with van der Waals surface area (Å²) in [6.07, 6.45) is -0.795. The Morgan fingerprint density at radius 3 is 2.20 bits per heavy atom. The van der Waals surface area contributed by atoms with E-state index < -0.39 is 23.7 Å². The number of carbonyl (C=O) groups is 2. The van der Waals surface area contributed by atoms with Gasteiger partial charge in [-0.2, -0.15) is 0 Å². The minimum Gasteiger partial charge on any atom is -0.479 e.